The number of H-pyrrole nitrogens is 1. The van der Waals surface area contributed by atoms with Gasteiger partial charge in [0.15, 0.2) is 0 Å². The summed E-state index contributed by atoms with van der Waals surface area (Å²) in [7, 11) is 0. The number of hydrogen-bond donors (Lipinski definition) is 3. The second-order valence-corrected chi connectivity index (χ2v) is 8.31. The minimum absolute atomic E-state index is 0.265. The molecule has 154 valence electrons. The van der Waals surface area contributed by atoms with Crippen LogP contribution in [0, 0.1) is 5.41 Å². The van der Waals surface area contributed by atoms with Gasteiger partial charge in [0.25, 0.3) is 0 Å². The van der Waals surface area contributed by atoms with Crippen molar-refractivity contribution in [1.29, 1.82) is 5.41 Å². The van der Waals surface area contributed by atoms with E-state index in [9.17, 15) is 0 Å². The van der Waals surface area contributed by atoms with Crippen LogP contribution in [0.25, 0.3) is 0 Å². The first-order chi connectivity index (χ1) is 14.2. The minimum atomic E-state index is 0.265. The Labute approximate surface area is 170 Å². The summed E-state index contributed by atoms with van der Waals surface area (Å²) in [5.41, 5.74) is 2.06. The van der Waals surface area contributed by atoms with E-state index in [4.69, 9.17) is 19.9 Å². The van der Waals surface area contributed by atoms with E-state index in [0.29, 0.717) is 37.2 Å². The Kier molecular flexibility index (Phi) is 4.97. The molecule has 0 saturated carbocycles. The number of morpholine rings is 1. The average molecular weight is 396 g/mol. The summed E-state index contributed by atoms with van der Waals surface area (Å²) in [6, 6.07) is 4.34. The highest BCUT2D eigenvalue weighted by molar-refractivity contribution is 5.89. The van der Waals surface area contributed by atoms with Gasteiger partial charge in [-0.15, -0.1) is 0 Å². The maximum absolute atomic E-state index is 8.15. The molecule has 8 heteroatoms. The SMILES string of the molecule is C[C@@H]1COCCN1c1cc(C2C[C@H]3CC[C@@H](C2)O3)c(C=N)c(Nc2ccn[nH]2)n1. The van der Waals surface area contributed by atoms with Gasteiger partial charge in [0.1, 0.15) is 17.5 Å². The fraction of sp³-hybridized carbons (Fsp3) is 0.571. The highest BCUT2D eigenvalue weighted by Crippen LogP contribution is 2.43. The molecule has 5 rings (SSSR count). The van der Waals surface area contributed by atoms with E-state index in [1.807, 2.05) is 6.07 Å². The predicted octanol–water partition coefficient (Wildman–Crippen LogP) is 3.20. The zero-order valence-electron chi connectivity index (χ0n) is 16.7. The molecule has 2 aromatic heterocycles. The van der Waals surface area contributed by atoms with Gasteiger partial charge in [-0.25, -0.2) is 4.98 Å². The average Bonchev–Trinajstić information content (AvgIpc) is 3.36. The van der Waals surface area contributed by atoms with Crippen molar-refractivity contribution in [2.45, 2.75) is 56.8 Å². The third-order valence-corrected chi connectivity index (χ3v) is 6.37. The van der Waals surface area contributed by atoms with Crippen molar-refractivity contribution >= 4 is 23.7 Å². The van der Waals surface area contributed by atoms with Crippen LogP contribution in [-0.4, -0.2) is 59.4 Å². The number of ether oxygens (including phenoxy) is 2. The number of hydrogen-bond acceptors (Lipinski definition) is 7. The first kappa shape index (κ1) is 18.6. The molecule has 3 N–H and O–H groups in total. The lowest BCUT2D eigenvalue weighted by Crippen LogP contribution is -2.44. The molecule has 0 radical (unpaired) electrons. The number of rotatable bonds is 5. The standard InChI is InChI=1S/C21H28N6O2/c1-13-12-28-7-6-27(13)20-10-17(14-8-15-2-3-16(9-14)29-15)18(11-22)21(25-20)24-19-4-5-23-26-19/h4-5,10-11,13-16,22H,2-3,6-9,12H2,1H3,(H2,23,24,25,26)/t13-,14?,15-,16+/m1/s1. The molecule has 5 heterocycles. The topological polar surface area (TPSA) is 99.1 Å². The van der Waals surface area contributed by atoms with Crippen molar-refractivity contribution in [3.8, 4) is 0 Å². The zero-order chi connectivity index (χ0) is 19.8. The maximum atomic E-state index is 8.15. The summed E-state index contributed by atoms with van der Waals surface area (Å²) in [4.78, 5) is 7.24. The normalized spacial score (nSPS) is 29.1. The van der Waals surface area contributed by atoms with Crippen molar-refractivity contribution in [3.05, 3.63) is 29.5 Å². The Hall–Kier alpha value is -2.45. The maximum Gasteiger partial charge on any atom is 0.143 e. The van der Waals surface area contributed by atoms with Gasteiger partial charge >= 0.3 is 0 Å². The molecule has 0 amide bonds. The highest BCUT2D eigenvalue weighted by atomic mass is 16.5. The van der Waals surface area contributed by atoms with Gasteiger partial charge in [0.2, 0.25) is 0 Å². The molecule has 0 spiro atoms. The molecule has 4 atom stereocenters. The Balaban J connectivity index is 1.57. The van der Waals surface area contributed by atoms with E-state index in [-0.39, 0.29) is 6.04 Å². The van der Waals surface area contributed by atoms with Crippen molar-refractivity contribution in [1.82, 2.24) is 15.2 Å². The van der Waals surface area contributed by atoms with E-state index < -0.39 is 0 Å². The molecule has 3 fully saturated rings. The van der Waals surface area contributed by atoms with Crippen LogP contribution in [0.2, 0.25) is 0 Å². The monoisotopic (exact) mass is 396 g/mol. The Morgan fingerprint density at radius 1 is 1.31 bits per heavy atom. The van der Waals surface area contributed by atoms with Crippen LogP contribution in [0.5, 0.6) is 0 Å². The van der Waals surface area contributed by atoms with Gasteiger partial charge in [0, 0.05) is 24.4 Å². The van der Waals surface area contributed by atoms with E-state index in [2.05, 4.69) is 33.4 Å². The largest absolute Gasteiger partial charge is 0.377 e. The third kappa shape index (κ3) is 3.62. The summed E-state index contributed by atoms with van der Waals surface area (Å²) >= 11 is 0. The summed E-state index contributed by atoms with van der Waals surface area (Å²) in [5, 5.41) is 18.5. The molecule has 0 aromatic carbocycles. The van der Waals surface area contributed by atoms with Gasteiger partial charge in [-0.05, 0) is 50.2 Å². The molecule has 2 bridgehead atoms. The highest BCUT2D eigenvalue weighted by Gasteiger charge is 2.37. The Morgan fingerprint density at radius 2 is 2.14 bits per heavy atom. The summed E-state index contributed by atoms with van der Waals surface area (Å²) in [6.07, 6.45) is 8.17. The van der Waals surface area contributed by atoms with Crippen LogP contribution in [0.4, 0.5) is 17.5 Å². The molecule has 3 aliphatic rings. The third-order valence-electron chi connectivity index (χ3n) is 6.37. The van der Waals surface area contributed by atoms with E-state index in [0.717, 1.165) is 49.4 Å². The molecule has 8 nitrogen and oxygen atoms in total. The fourth-order valence-electron chi connectivity index (χ4n) is 4.92. The smallest absolute Gasteiger partial charge is 0.143 e. The second-order valence-electron chi connectivity index (χ2n) is 8.31. The molecule has 3 saturated heterocycles. The number of nitrogens with one attached hydrogen (secondary N) is 3. The number of aromatic nitrogens is 3. The molecule has 3 aliphatic heterocycles. The first-order valence-electron chi connectivity index (χ1n) is 10.5. The van der Waals surface area contributed by atoms with Crippen LogP contribution in [0.1, 0.15) is 49.7 Å². The summed E-state index contributed by atoms with van der Waals surface area (Å²) in [6.45, 7) is 4.40. The zero-order valence-corrected chi connectivity index (χ0v) is 16.7. The van der Waals surface area contributed by atoms with Crippen molar-refractivity contribution in [3.63, 3.8) is 0 Å². The lowest BCUT2D eigenvalue weighted by atomic mass is 9.86. The first-order valence-corrected chi connectivity index (χ1v) is 10.5. The van der Waals surface area contributed by atoms with Crippen LogP contribution in [-0.2, 0) is 9.47 Å². The van der Waals surface area contributed by atoms with Crippen LogP contribution in [0.15, 0.2) is 18.3 Å². The number of pyridine rings is 1. The van der Waals surface area contributed by atoms with E-state index in [1.165, 1.54) is 11.8 Å². The van der Waals surface area contributed by atoms with Gasteiger partial charge in [-0.1, -0.05) is 0 Å². The van der Waals surface area contributed by atoms with Gasteiger partial charge in [0.05, 0.1) is 37.7 Å². The molecule has 2 aromatic rings. The summed E-state index contributed by atoms with van der Waals surface area (Å²) < 4.78 is 11.7. The van der Waals surface area contributed by atoms with Crippen LogP contribution < -0.4 is 10.2 Å². The van der Waals surface area contributed by atoms with Crippen LogP contribution >= 0.6 is 0 Å². The summed E-state index contributed by atoms with van der Waals surface area (Å²) in [5.74, 6) is 2.81. The van der Waals surface area contributed by atoms with E-state index in [1.54, 1.807) is 6.20 Å². The van der Waals surface area contributed by atoms with Crippen molar-refractivity contribution < 1.29 is 9.47 Å². The van der Waals surface area contributed by atoms with Gasteiger partial charge in [-0.3, -0.25) is 5.10 Å². The number of anilines is 3. The second kappa shape index (κ2) is 7.76. The lowest BCUT2D eigenvalue weighted by Gasteiger charge is -2.36. The molecular weight excluding hydrogens is 368 g/mol. The Bertz CT molecular complexity index is 858. The molecule has 29 heavy (non-hydrogen) atoms. The predicted molar refractivity (Wildman–Crippen MR) is 111 cm³/mol. The quantitative estimate of drug-likeness (QED) is 0.671. The minimum Gasteiger partial charge on any atom is -0.377 e. The lowest BCUT2D eigenvalue weighted by molar-refractivity contribution is -0.00381. The van der Waals surface area contributed by atoms with Crippen molar-refractivity contribution in [2.24, 2.45) is 0 Å². The van der Waals surface area contributed by atoms with Crippen LogP contribution in [0.3, 0.4) is 0 Å². The number of fused-ring (bicyclic) bond motifs is 2. The fourth-order valence-corrected chi connectivity index (χ4v) is 4.92. The van der Waals surface area contributed by atoms with Gasteiger partial charge in [-0.2, -0.15) is 5.10 Å². The number of aromatic amines is 1. The molecule has 1 unspecified atom stereocenters. The molecular formula is C21H28N6O2. The van der Waals surface area contributed by atoms with Gasteiger partial charge < -0.3 is 25.1 Å². The van der Waals surface area contributed by atoms with Crippen molar-refractivity contribution in [2.75, 3.05) is 30.0 Å². The molecule has 0 aliphatic carbocycles. The Morgan fingerprint density at radius 3 is 2.83 bits per heavy atom. The van der Waals surface area contributed by atoms with E-state index >= 15 is 0 Å². The number of nitrogens with zero attached hydrogens (tertiary/aromatic N) is 3.